The number of ether oxygens (including phenoxy) is 1. The van der Waals surface area contributed by atoms with Gasteiger partial charge in [-0.05, 0) is 49.7 Å². The number of likely N-dealkylation sites (N-methyl/N-ethyl adjacent to an activating group) is 1. The van der Waals surface area contributed by atoms with Crippen LogP contribution in [0, 0.1) is 6.92 Å². The van der Waals surface area contributed by atoms with E-state index in [1.807, 2.05) is 43.5 Å². The molecule has 1 unspecified atom stereocenters. The topological polar surface area (TPSA) is 63.9 Å². The van der Waals surface area contributed by atoms with Gasteiger partial charge in [0.1, 0.15) is 22.8 Å². The number of aryl methyl sites for hydroxylation is 1. The molecule has 0 bridgehead atoms. The molecule has 0 N–H and O–H groups in total. The number of imidazole rings is 1. The molecule has 1 amide bonds. The van der Waals surface area contributed by atoms with Gasteiger partial charge in [-0.3, -0.25) is 14.0 Å². The number of pyridine rings is 1. The van der Waals surface area contributed by atoms with Crippen LogP contribution >= 0.6 is 0 Å². The molecule has 1 aliphatic rings. The van der Waals surface area contributed by atoms with E-state index in [4.69, 9.17) is 4.74 Å². The standard InChI is InChI=1S/C19H17N3O3/c1-11-6-7-22-15(10-23)18(20-17(22)8-11)13-4-5-16-14(9-13)21(3)19(24)12(2)25-16/h4-10,12H,1-3H3. The fraction of sp³-hybridized carbons (Fsp3) is 0.211. The number of carbonyl (C=O) groups excluding carboxylic acids is 2. The molecule has 0 spiro atoms. The number of anilines is 1. The summed E-state index contributed by atoms with van der Waals surface area (Å²) in [5.74, 6) is 0.538. The fourth-order valence-electron chi connectivity index (χ4n) is 3.15. The molecule has 0 saturated heterocycles. The number of hydrogen-bond donors (Lipinski definition) is 0. The first kappa shape index (κ1) is 15.4. The number of rotatable bonds is 2. The van der Waals surface area contributed by atoms with Gasteiger partial charge in [0.05, 0.1) is 5.69 Å². The van der Waals surface area contributed by atoms with E-state index < -0.39 is 6.10 Å². The summed E-state index contributed by atoms with van der Waals surface area (Å²) >= 11 is 0. The molecule has 1 aromatic carbocycles. The third kappa shape index (κ3) is 2.29. The second-order valence-electron chi connectivity index (χ2n) is 6.24. The number of aromatic nitrogens is 2. The van der Waals surface area contributed by atoms with E-state index in [0.717, 1.165) is 17.4 Å². The first-order valence-electron chi connectivity index (χ1n) is 8.02. The van der Waals surface area contributed by atoms with E-state index in [0.29, 0.717) is 28.5 Å². The molecule has 0 fully saturated rings. The number of nitrogens with zero attached hydrogens (tertiary/aromatic N) is 3. The average molecular weight is 335 g/mol. The van der Waals surface area contributed by atoms with Crippen molar-refractivity contribution in [2.75, 3.05) is 11.9 Å². The predicted octanol–water partition coefficient (Wildman–Crippen LogP) is 2.87. The lowest BCUT2D eigenvalue weighted by molar-refractivity contribution is -0.125. The van der Waals surface area contributed by atoms with Crippen molar-refractivity contribution >= 4 is 23.5 Å². The van der Waals surface area contributed by atoms with Gasteiger partial charge in [-0.1, -0.05) is 0 Å². The van der Waals surface area contributed by atoms with Gasteiger partial charge in [0.25, 0.3) is 5.91 Å². The first-order chi connectivity index (χ1) is 12.0. The highest BCUT2D eigenvalue weighted by atomic mass is 16.5. The average Bonchev–Trinajstić information content (AvgIpc) is 2.97. The molecule has 6 nitrogen and oxygen atoms in total. The molecule has 0 radical (unpaired) electrons. The monoisotopic (exact) mass is 335 g/mol. The van der Waals surface area contributed by atoms with Crippen LogP contribution in [0.5, 0.6) is 5.75 Å². The molecule has 25 heavy (non-hydrogen) atoms. The van der Waals surface area contributed by atoms with Crippen LogP contribution in [0.1, 0.15) is 23.0 Å². The Labute approximate surface area is 144 Å². The summed E-state index contributed by atoms with van der Waals surface area (Å²) in [6.07, 6.45) is 2.13. The lowest BCUT2D eigenvalue weighted by Gasteiger charge is -2.30. The van der Waals surface area contributed by atoms with Crippen LogP contribution in [0.25, 0.3) is 16.9 Å². The maximum atomic E-state index is 12.2. The van der Waals surface area contributed by atoms with Crippen LogP contribution in [-0.2, 0) is 4.79 Å². The second-order valence-corrected chi connectivity index (χ2v) is 6.24. The minimum absolute atomic E-state index is 0.106. The number of fused-ring (bicyclic) bond motifs is 2. The van der Waals surface area contributed by atoms with E-state index in [-0.39, 0.29) is 5.91 Å². The number of carbonyl (C=O) groups is 2. The summed E-state index contributed by atoms with van der Waals surface area (Å²) in [6.45, 7) is 3.71. The van der Waals surface area contributed by atoms with Gasteiger partial charge in [-0.2, -0.15) is 0 Å². The van der Waals surface area contributed by atoms with Gasteiger partial charge in [-0.25, -0.2) is 4.98 Å². The molecular formula is C19H17N3O3. The van der Waals surface area contributed by atoms with E-state index in [2.05, 4.69) is 4.98 Å². The highest BCUT2D eigenvalue weighted by Crippen LogP contribution is 2.37. The number of hydrogen-bond acceptors (Lipinski definition) is 4. The first-order valence-corrected chi connectivity index (χ1v) is 8.02. The molecule has 4 rings (SSSR count). The maximum absolute atomic E-state index is 12.2. The fourth-order valence-corrected chi connectivity index (χ4v) is 3.15. The Kier molecular flexibility index (Phi) is 3.35. The molecule has 3 heterocycles. The number of amides is 1. The SMILES string of the molecule is Cc1ccn2c(C=O)c(-c3ccc4c(c3)N(C)C(=O)C(C)O4)nc2c1. The van der Waals surface area contributed by atoms with Crippen LogP contribution in [0.3, 0.4) is 0 Å². The quantitative estimate of drug-likeness (QED) is 0.676. The van der Waals surface area contributed by atoms with Crippen LogP contribution in [0.4, 0.5) is 5.69 Å². The van der Waals surface area contributed by atoms with Gasteiger partial charge in [-0.15, -0.1) is 0 Å². The lowest BCUT2D eigenvalue weighted by atomic mass is 10.1. The van der Waals surface area contributed by atoms with Crippen molar-refractivity contribution in [1.29, 1.82) is 0 Å². The van der Waals surface area contributed by atoms with Crippen LogP contribution in [-0.4, -0.2) is 34.7 Å². The van der Waals surface area contributed by atoms with Gasteiger partial charge in [0.15, 0.2) is 12.4 Å². The number of aldehydes is 1. The molecule has 0 saturated carbocycles. The number of benzene rings is 1. The van der Waals surface area contributed by atoms with Crippen LogP contribution in [0.2, 0.25) is 0 Å². The Morgan fingerprint density at radius 1 is 1.24 bits per heavy atom. The molecule has 3 aromatic rings. The second kappa shape index (κ2) is 5.44. The van der Waals surface area contributed by atoms with Crippen molar-refractivity contribution in [2.24, 2.45) is 0 Å². The van der Waals surface area contributed by atoms with Crippen molar-refractivity contribution in [3.05, 3.63) is 47.8 Å². The van der Waals surface area contributed by atoms with Gasteiger partial charge >= 0.3 is 0 Å². The minimum atomic E-state index is -0.507. The largest absolute Gasteiger partial charge is 0.479 e. The summed E-state index contributed by atoms with van der Waals surface area (Å²) in [5, 5.41) is 0. The maximum Gasteiger partial charge on any atom is 0.267 e. The Balaban J connectivity index is 1.90. The molecule has 2 aromatic heterocycles. The van der Waals surface area contributed by atoms with E-state index in [1.54, 1.807) is 23.3 Å². The van der Waals surface area contributed by atoms with Crippen LogP contribution in [0.15, 0.2) is 36.5 Å². The van der Waals surface area contributed by atoms with Crippen molar-refractivity contribution in [3.63, 3.8) is 0 Å². The molecule has 1 atom stereocenters. The van der Waals surface area contributed by atoms with E-state index >= 15 is 0 Å². The smallest absolute Gasteiger partial charge is 0.267 e. The highest BCUT2D eigenvalue weighted by Gasteiger charge is 2.29. The Morgan fingerprint density at radius 2 is 2.04 bits per heavy atom. The van der Waals surface area contributed by atoms with E-state index in [1.165, 1.54) is 0 Å². The molecule has 0 aliphatic carbocycles. The summed E-state index contributed by atoms with van der Waals surface area (Å²) in [6, 6.07) is 9.36. The van der Waals surface area contributed by atoms with Crippen LogP contribution < -0.4 is 9.64 Å². The zero-order chi connectivity index (χ0) is 17.7. The zero-order valence-electron chi connectivity index (χ0n) is 14.2. The molecule has 126 valence electrons. The van der Waals surface area contributed by atoms with Gasteiger partial charge in [0.2, 0.25) is 0 Å². The Morgan fingerprint density at radius 3 is 2.80 bits per heavy atom. The molecule has 1 aliphatic heterocycles. The van der Waals surface area contributed by atoms with Crippen molar-refractivity contribution in [2.45, 2.75) is 20.0 Å². The van der Waals surface area contributed by atoms with Crippen molar-refractivity contribution < 1.29 is 14.3 Å². The summed E-state index contributed by atoms with van der Waals surface area (Å²) in [4.78, 5) is 30.0. The predicted molar refractivity (Wildman–Crippen MR) is 94.3 cm³/mol. The Hall–Kier alpha value is -3.15. The Bertz CT molecular complexity index is 1020. The van der Waals surface area contributed by atoms with Gasteiger partial charge in [0, 0.05) is 18.8 Å². The van der Waals surface area contributed by atoms with Crippen molar-refractivity contribution in [1.82, 2.24) is 9.38 Å². The third-order valence-electron chi connectivity index (χ3n) is 4.51. The summed E-state index contributed by atoms with van der Waals surface area (Å²) in [5.41, 5.74) is 4.28. The normalized spacial score (nSPS) is 16.7. The summed E-state index contributed by atoms with van der Waals surface area (Å²) < 4.78 is 7.42. The lowest BCUT2D eigenvalue weighted by Crippen LogP contribution is -2.41. The third-order valence-corrected chi connectivity index (χ3v) is 4.51. The molecule has 6 heteroatoms. The van der Waals surface area contributed by atoms with Crippen molar-refractivity contribution in [3.8, 4) is 17.0 Å². The summed E-state index contributed by atoms with van der Waals surface area (Å²) in [7, 11) is 1.72. The highest BCUT2D eigenvalue weighted by molar-refractivity contribution is 6.00. The minimum Gasteiger partial charge on any atom is -0.479 e. The van der Waals surface area contributed by atoms with Gasteiger partial charge < -0.3 is 9.64 Å². The van der Waals surface area contributed by atoms with E-state index in [9.17, 15) is 9.59 Å². The zero-order valence-corrected chi connectivity index (χ0v) is 14.2. The molecular weight excluding hydrogens is 318 g/mol.